The summed E-state index contributed by atoms with van der Waals surface area (Å²) in [5.74, 6) is -0.999. The van der Waals surface area contributed by atoms with Crippen LogP contribution in [0.15, 0.2) is 78.9 Å². The van der Waals surface area contributed by atoms with Gasteiger partial charge in [0, 0.05) is 24.5 Å². The molecule has 6 heteroatoms. The van der Waals surface area contributed by atoms with Crippen LogP contribution in [0.25, 0.3) is 0 Å². The lowest BCUT2D eigenvalue weighted by Gasteiger charge is -2.31. The van der Waals surface area contributed by atoms with Crippen molar-refractivity contribution in [2.75, 3.05) is 6.54 Å². The molecule has 172 valence electrons. The third-order valence-electron chi connectivity index (χ3n) is 5.36. The average Bonchev–Trinajstić information content (AvgIpc) is 2.82. The molecule has 3 rings (SSSR count). The van der Waals surface area contributed by atoms with Crippen LogP contribution >= 0.6 is 11.6 Å². The van der Waals surface area contributed by atoms with Gasteiger partial charge in [-0.1, -0.05) is 79.2 Å². The molecule has 0 fully saturated rings. The van der Waals surface area contributed by atoms with Gasteiger partial charge in [-0.25, -0.2) is 4.39 Å². The fraction of sp³-hybridized carbons (Fsp3) is 0.259. The van der Waals surface area contributed by atoms with Crippen molar-refractivity contribution in [3.63, 3.8) is 0 Å². The maximum atomic E-state index is 14.3. The van der Waals surface area contributed by atoms with Gasteiger partial charge in [0.05, 0.1) is 6.42 Å². The summed E-state index contributed by atoms with van der Waals surface area (Å²) in [6.07, 6.45) is 0.987. The van der Waals surface area contributed by atoms with Gasteiger partial charge >= 0.3 is 0 Å². The summed E-state index contributed by atoms with van der Waals surface area (Å²) in [7, 11) is 0. The van der Waals surface area contributed by atoms with Crippen LogP contribution in [0.2, 0.25) is 5.02 Å². The Hall–Kier alpha value is -3.18. The normalized spacial score (nSPS) is 11.6. The lowest BCUT2D eigenvalue weighted by Crippen LogP contribution is -2.51. The molecule has 2 amide bonds. The summed E-state index contributed by atoms with van der Waals surface area (Å²) in [4.78, 5) is 28.3. The molecule has 0 unspecified atom stereocenters. The van der Waals surface area contributed by atoms with Crippen molar-refractivity contribution in [2.45, 2.75) is 38.8 Å². The van der Waals surface area contributed by atoms with E-state index >= 15 is 0 Å². The summed E-state index contributed by atoms with van der Waals surface area (Å²) in [6.45, 7) is 2.67. The zero-order valence-corrected chi connectivity index (χ0v) is 19.4. The molecule has 0 spiro atoms. The number of benzene rings is 3. The van der Waals surface area contributed by atoms with Gasteiger partial charge < -0.3 is 10.2 Å². The fourth-order valence-electron chi connectivity index (χ4n) is 3.66. The number of nitrogens with one attached hydrogen (secondary N) is 1. The van der Waals surface area contributed by atoms with Crippen molar-refractivity contribution in [3.8, 4) is 0 Å². The van der Waals surface area contributed by atoms with Crippen LogP contribution in [0.1, 0.15) is 30.0 Å². The number of carbonyl (C=O) groups excluding carboxylic acids is 2. The van der Waals surface area contributed by atoms with Crippen LogP contribution in [0.5, 0.6) is 0 Å². The van der Waals surface area contributed by atoms with E-state index < -0.39 is 11.9 Å². The summed E-state index contributed by atoms with van der Waals surface area (Å²) in [5.41, 5.74) is 2.03. The second-order valence-corrected chi connectivity index (χ2v) is 8.35. The molecule has 1 atom stereocenters. The first-order chi connectivity index (χ1) is 16.0. The van der Waals surface area contributed by atoms with E-state index in [0.29, 0.717) is 23.6 Å². The topological polar surface area (TPSA) is 49.4 Å². The van der Waals surface area contributed by atoms with Gasteiger partial charge in [-0.05, 0) is 41.3 Å². The Labute approximate surface area is 199 Å². The summed E-state index contributed by atoms with van der Waals surface area (Å²) in [6, 6.07) is 22.2. The van der Waals surface area contributed by atoms with Gasteiger partial charge in [-0.15, -0.1) is 0 Å². The molecule has 0 radical (unpaired) electrons. The van der Waals surface area contributed by atoms with Crippen molar-refractivity contribution in [1.29, 1.82) is 0 Å². The largest absolute Gasteiger partial charge is 0.354 e. The van der Waals surface area contributed by atoms with Gasteiger partial charge in [-0.2, -0.15) is 0 Å². The van der Waals surface area contributed by atoms with E-state index in [9.17, 15) is 14.0 Å². The van der Waals surface area contributed by atoms with E-state index in [-0.39, 0.29) is 24.8 Å². The first kappa shape index (κ1) is 24.5. The molecule has 0 saturated heterocycles. The van der Waals surface area contributed by atoms with E-state index in [1.165, 1.54) is 11.0 Å². The highest BCUT2D eigenvalue weighted by atomic mass is 35.5. The zero-order valence-electron chi connectivity index (χ0n) is 18.6. The minimum Gasteiger partial charge on any atom is -0.354 e. The highest BCUT2D eigenvalue weighted by Crippen LogP contribution is 2.19. The fourth-order valence-corrected chi connectivity index (χ4v) is 3.87. The highest BCUT2D eigenvalue weighted by Gasteiger charge is 2.30. The molecule has 0 heterocycles. The van der Waals surface area contributed by atoms with Crippen LogP contribution in [-0.2, 0) is 29.0 Å². The Morgan fingerprint density at radius 3 is 2.36 bits per heavy atom. The molecule has 0 aliphatic heterocycles. The van der Waals surface area contributed by atoms with Crippen molar-refractivity contribution >= 4 is 23.4 Å². The predicted molar refractivity (Wildman–Crippen MR) is 129 cm³/mol. The molecule has 0 aliphatic rings. The van der Waals surface area contributed by atoms with Gasteiger partial charge in [0.15, 0.2) is 0 Å². The third kappa shape index (κ3) is 7.16. The van der Waals surface area contributed by atoms with Crippen LogP contribution in [-0.4, -0.2) is 29.3 Å². The summed E-state index contributed by atoms with van der Waals surface area (Å²) >= 11 is 6.17. The van der Waals surface area contributed by atoms with Gasteiger partial charge in [0.2, 0.25) is 11.8 Å². The second-order valence-electron chi connectivity index (χ2n) is 7.92. The number of hydrogen-bond acceptors (Lipinski definition) is 2. The first-order valence-electron chi connectivity index (χ1n) is 11.1. The van der Waals surface area contributed by atoms with Crippen LogP contribution in [0, 0.1) is 5.82 Å². The van der Waals surface area contributed by atoms with Crippen molar-refractivity contribution in [3.05, 3.63) is 106 Å². The third-order valence-corrected chi connectivity index (χ3v) is 5.60. The molecule has 4 nitrogen and oxygen atoms in total. The SMILES string of the molecule is CCCNC(=O)[C@H](Cc1ccccc1)N(Cc1cccc(Cl)c1)C(=O)Cc1ccccc1F. The Morgan fingerprint density at radius 2 is 1.67 bits per heavy atom. The number of carbonyl (C=O) groups is 2. The second kappa shape index (κ2) is 12.2. The van der Waals surface area contributed by atoms with E-state index in [4.69, 9.17) is 11.6 Å². The number of nitrogens with zero attached hydrogens (tertiary/aromatic N) is 1. The molecule has 0 aromatic heterocycles. The van der Waals surface area contributed by atoms with Crippen LogP contribution in [0.3, 0.4) is 0 Å². The smallest absolute Gasteiger partial charge is 0.243 e. The zero-order chi connectivity index (χ0) is 23.6. The molecule has 3 aromatic carbocycles. The minimum absolute atomic E-state index is 0.139. The van der Waals surface area contributed by atoms with E-state index in [1.54, 1.807) is 36.4 Å². The number of halogens is 2. The molecule has 3 aromatic rings. The Bertz CT molecular complexity index is 1070. The maximum absolute atomic E-state index is 14.3. The molecular weight excluding hydrogens is 439 g/mol. The molecule has 33 heavy (non-hydrogen) atoms. The van der Waals surface area contributed by atoms with Crippen molar-refractivity contribution in [1.82, 2.24) is 10.2 Å². The van der Waals surface area contributed by atoms with E-state index in [0.717, 1.165) is 17.5 Å². The molecule has 0 aliphatic carbocycles. The predicted octanol–water partition coefficient (Wildman–Crippen LogP) is 5.19. The standard InChI is InChI=1S/C27H28ClFN2O2/c1-2-15-30-27(33)25(17-20-9-4-3-5-10-20)31(19-21-11-8-13-23(28)16-21)26(32)18-22-12-6-7-14-24(22)29/h3-14,16,25H,2,15,17-19H2,1H3,(H,30,33)/t25-/m0/s1. The maximum Gasteiger partial charge on any atom is 0.243 e. The van der Waals surface area contributed by atoms with Gasteiger partial charge in [0.25, 0.3) is 0 Å². The van der Waals surface area contributed by atoms with Crippen molar-refractivity contribution in [2.24, 2.45) is 0 Å². The Balaban J connectivity index is 1.96. The number of amides is 2. The lowest BCUT2D eigenvalue weighted by atomic mass is 10.0. The van der Waals surface area contributed by atoms with Crippen molar-refractivity contribution < 1.29 is 14.0 Å². The number of hydrogen-bond donors (Lipinski definition) is 1. The van der Waals surface area contributed by atoms with E-state index in [1.807, 2.05) is 43.3 Å². The number of rotatable bonds is 10. The minimum atomic E-state index is -0.753. The summed E-state index contributed by atoms with van der Waals surface area (Å²) in [5, 5.41) is 3.47. The van der Waals surface area contributed by atoms with Gasteiger partial charge in [-0.3, -0.25) is 9.59 Å². The summed E-state index contributed by atoms with van der Waals surface area (Å²) < 4.78 is 14.3. The monoisotopic (exact) mass is 466 g/mol. The molecular formula is C27H28ClFN2O2. The molecule has 1 N–H and O–H groups in total. The van der Waals surface area contributed by atoms with E-state index in [2.05, 4.69) is 5.32 Å². The Kier molecular flexibility index (Phi) is 9.02. The van der Waals surface area contributed by atoms with Crippen LogP contribution < -0.4 is 5.32 Å². The highest BCUT2D eigenvalue weighted by molar-refractivity contribution is 6.30. The Morgan fingerprint density at radius 1 is 0.970 bits per heavy atom. The first-order valence-corrected chi connectivity index (χ1v) is 11.4. The molecule has 0 bridgehead atoms. The quantitative estimate of drug-likeness (QED) is 0.447. The average molecular weight is 467 g/mol. The lowest BCUT2D eigenvalue weighted by molar-refractivity contribution is -0.140. The van der Waals surface area contributed by atoms with Crippen LogP contribution in [0.4, 0.5) is 4.39 Å². The van der Waals surface area contributed by atoms with Gasteiger partial charge in [0.1, 0.15) is 11.9 Å². The molecule has 0 saturated carbocycles.